The highest BCUT2D eigenvalue weighted by Crippen LogP contribution is 2.27. The quantitative estimate of drug-likeness (QED) is 0.656. The fourth-order valence-electron chi connectivity index (χ4n) is 1.75. The number of benzene rings is 1. The lowest BCUT2D eigenvalue weighted by Crippen LogP contribution is -2.40. The van der Waals surface area contributed by atoms with E-state index in [0.717, 1.165) is 12.1 Å². The normalized spacial score (nSPS) is 11.9. The molecule has 5 N–H and O–H groups in total. The van der Waals surface area contributed by atoms with E-state index in [-0.39, 0.29) is 18.7 Å². The van der Waals surface area contributed by atoms with Crippen LogP contribution in [0.15, 0.2) is 18.2 Å². The van der Waals surface area contributed by atoms with Gasteiger partial charge in [-0.2, -0.15) is 0 Å². The zero-order valence-corrected chi connectivity index (χ0v) is 10.5. The first-order chi connectivity index (χ1) is 8.81. The maximum absolute atomic E-state index is 13.2. The molecule has 2 amide bonds. The number of hydrogen-bond acceptors (Lipinski definition) is 4. The highest BCUT2D eigenvalue weighted by atomic mass is 19.1. The summed E-state index contributed by atoms with van der Waals surface area (Å²) in [6.07, 6.45) is -0.964. The van der Waals surface area contributed by atoms with E-state index < -0.39 is 23.7 Å². The van der Waals surface area contributed by atoms with Crippen molar-refractivity contribution in [2.24, 2.45) is 11.5 Å². The maximum Gasteiger partial charge on any atom is 0.236 e. The van der Waals surface area contributed by atoms with E-state index in [1.807, 2.05) is 0 Å². The third-order valence-electron chi connectivity index (χ3n) is 2.47. The standard InChI is InChI=1S/C12H16FN3O3/c1-7(17)9-4-8(13)2-3-10(9)16(5-11(14)18)6-12(15)19/h2-4,7,17H,5-6H2,1H3,(H2,14,18)(H2,15,19)/t7-/m0/s1. The molecule has 0 radical (unpaired) electrons. The van der Waals surface area contributed by atoms with Crippen molar-refractivity contribution < 1.29 is 19.1 Å². The molecule has 0 heterocycles. The van der Waals surface area contributed by atoms with Crippen LogP contribution in [0.5, 0.6) is 0 Å². The van der Waals surface area contributed by atoms with E-state index in [2.05, 4.69) is 0 Å². The summed E-state index contributed by atoms with van der Waals surface area (Å²) in [5.74, 6) is -1.86. The lowest BCUT2D eigenvalue weighted by Gasteiger charge is -2.25. The molecule has 19 heavy (non-hydrogen) atoms. The average Bonchev–Trinajstić information content (AvgIpc) is 2.26. The molecule has 0 aliphatic carbocycles. The number of aliphatic hydroxyl groups is 1. The molecule has 6 nitrogen and oxygen atoms in total. The zero-order chi connectivity index (χ0) is 14.6. The van der Waals surface area contributed by atoms with Crippen molar-refractivity contribution in [3.63, 3.8) is 0 Å². The fourth-order valence-corrected chi connectivity index (χ4v) is 1.75. The molecule has 0 saturated carbocycles. The third kappa shape index (κ3) is 4.22. The van der Waals surface area contributed by atoms with Crippen molar-refractivity contribution in [2.45, 2.75) is 13.0 Å². The second-order valence-corrected chi connectivity index (χ2v) is 4.17. The summed E-state index contributed by atoms with van der Waals surface area (Å²) in [4.78, 5) is 23.3. The van der Waals surface area contributed by atoms with Gasteiger partial charge in [-0.15, -0.1) is 0 Å². The Morgan fingerprint density at radius 2 is 1.84 bits per heavy atom. The zero-order valence-electron chi connectivity index (χ0n) is 10.5. The molecule has 0 unspecified atom stereocenters. The van der Waals surface area contributed by atoms with E-state index in [4.69, 9.17) is 11.5 Å². The summed E-state index contributed by atoms with van der Waals surface area (Å²) in [5.41, 5.74) is 10.8. The number of aliphatic hydroxyl groups excluding tert-OH is 1. The monoisotopic (exact) mass is 269 g/mol. The number of rotatable bonds is 6. The lowest BCUT2D eigenvalue weighted by atomic mass is 10.1. The van der Waals surface area contributed by atoms with Gasteiger partial charge in [0, 0.05) is 11.3 Å². The minimum absolute atomic E-state index is 0.252. The summed E-state index contributed by atoms with van der Waals surface area (Å²) in [6.45, 7) is 0.938. The topological polar surface area (TPSA) is 110 Å². The van der Waals surface area contributed by atoms with Crippen LogP contribution >= 0.6 is 0 Å². The van der Waals surface area contributed by atoms with E-state index in [9.17, 15) is 19.1 Å². The molecule has 7 heteroatoms. The number of primary amides is 2. The molecular formula is C12H16FN3O3. The van der Waals surface area contributed by atoms with Crippen LogP contribution in [0.3, 0.4) is 0 Å². The highest BCUT2D eigenvalue weighted by Gasteiger charge is 2.18. The van der Waals surface area contributed by atoms with Gasteiger partial charge in [0.15, 0.2) is 0 Å². The van der Waals surface area contributed by atoms with Crippen molar-refractivity contribution >= 4 is 17.5 Å². The van der Waals surface area contributed by atoms with Crippen molar-refractivity contribution in [2.75, 3.05) is 18.0 Å². The van der Waals surface area contributed by atoms with Crippen LogP contribution in [0.1, 0.15) is 18.6 Å². The van der Waals surface area contributed by atoms with Crippen molar-refractivity contribution in [1.29, 1.82) is 0 Å². The fraction of sp³-hybridized carbons (Fsp3) is 0.333. The van der Waals surface area contributed by atoms with Crippen molar-refractivity contribution in [1.82, 2.24) is 0 Å². The van der Waals surface area contributed by atoms with Crippen molar-refractivity contribution in [3.05, 3.63) is 29.6 Å². The van der Waals surface area contributed by atoms with E-state index in [1.165, 1.54) is 17.9 Å². The van der Waals surface area contributed by atoms with Crippen LogP contribution < -0.4 is 16.4 Å². The number of carbonyl (C=O) groups excluding carboxylic acids is 2. The minimum atomic E-state index is -0.964. The number of carbonyl (C=O) groups is 2. The molecule has 0 fully saturated rings. The van der Waals surface area contributed by atoms with Gasteiger partial charge in [0.25, 0.3) is 0 Å². The predicted octanol–water partition coefficient (Wildman–Crippen LogP) is -0.344. The molecule has 0 spiro atoms. The minimum Gasteiger partial charge on any atom is -0.389 e. The van der Waals surface area contributed by atoms with Crippen LogP contribution in [-0.4, -0.2) is 30.0 Å². The molecule has 1 atom stereocenters. The first-order valence-corrected chi connectivity index (χ1v) is 5.60. The van der Waals surface area contributed by atoms with Crippen molar-refractivity contribution in [3.8, 4) is 0 Å². The summed E-state index contributed by atoms with van der Waals surface area (Å²) in [5, 5.41) is 9.62. The number of anilines is 1. The van der Waals surface area contributed by atoms with Gasteiger partial charge in [0.2, 0.25) is 11.8 Å². The molecule has 0 aliphatic heterocycles. The number of nitrogens with zero attached hydrogens (tertiary/aromatic N) is 1. The molecule has 1 rings (SSSR count). The number of amides is 2. The smallest absolute Gasteiger partial charge is 0.236 e. The molecule has 0 aromatic heterocycles. The maximum atomic E-state index is 13.2. The highest BCUT2D eigenvalue weighted by molar-refractivity contribution is 5.85. The molecule has 1 aromatic rings. The Morgan fingerprint density at radius 3 is 2.26 bits per heavy atom. The van der Waals surface area contributed by atoms with Gasteiger partial charge in [0.05, 0.1) is 19.2 Å². The molecule has 0 aliphatic rings. The Morgan fingerprint density at radius 1 is 1.32 bits per heavy atom. The van der Waals surface area contributed by atoms with Crippen LogP contribution in [0.2, 0.25) is 0 Å². The molecule has 0 saturated heterocycles. The van der Waals surface area contributed by atoms with Crippen LogP contribution in [-0.2, 0) is 9.59 Å². The van der Waals surface area contributed by atoms with Gasteiger partial charge in [-0.05, 0) is 25.1 Å². The van der Waals surface area contributed by atoms with Gasteiger partial charge < -0.3 is 21.5 Å². The largest absolute Gasteiger partial charge is 0.389 e. The van der Waals surface area contributed by atoms with E-state index >= 15 is 0 Å². The Hall–Kier alpha value is -2.15. The van der Waals surface area contributed by atoms with Gasteiger partial charge in [-0.3, -0.25) is 9.59 Å². The number of nitrogens with two attached hydrogens (primary N) is 2. The van der Waals surface area contributed by atoms with Gasteiger partial charge in [0.1, 0.15) is 5.82 Å². The van der Waals surface area contributed by atoms with E-state index in [1.54, 1.807) is 0 Å². The summed E-state index contributed by atoms with van der Waals surface area (Å²) in [6, 6.07) is 3.66. The Labute approximate surface area is 109 Å². The second kappa shape index (κ2) is 6.14. The average molecular weight is 269 g/mol. The molecule has 1 aromatic carbocycles. The van der Waals surface area contributed by atoms with Crippen LogP contribution in [0.25, 0.3) is 0 Å². The summed E-state index contributed by atoms with van der Waals surface area (Å²) >= 11 is 0. The summed E-state index contributed by atoms with van der Waals surface area (Å²) < 4.78 is 13.2. The Kier molecular flexibility index (Phi) is 4.82. The third-order valence-corrected chi connectivity index (χ3v) is 2.47. The van der Waals surface area contributed by atoms with Crippen LogP contribution in [0, 0.1) is 5.82 Å². The first-order valence-electron chi connectivity index (χ1n) is 5.60. The van der Waals surface area contributed by atoms with Gasteiger partial charge in [-0.25, -0.2) is 4.39 Å². The molecular weight excluding hydrogens is 253 g/mol. The number of halogens is 1. The molecule has 104 valence electrons. The predicted molar refractivity (Wildman–Crippen MR) is 67.6 cm³/mol. The van der Waals surface area contributed by atoms with E-state index in [0.29, 0.717) is 5.69 Å². The SMILES string of the molecule is C[C@H](O)c1cc(F)ccc1N(CC(N)=O)CC(N)=O. The van der Waals surface area contributed by atoms with Gasteiger partial charge >= 0.3 is 0 Å². The molecule has 0 bridgehead atoms. The van der Waals surface area contributed by atoms with Gasteiger partial charge in [-0.1, -0.05) is 0 Å². The second-order valence-electron chi connectivity index (χ2n) is 4.17. The number of hydrogen-bond donors (Lipinski definition) is 3. The Balaban J connectivity index is 3.20. The Bertz CT molecular complexity index is 475. The lowest BCUT2D eigenvalue weighted by molar-refractivity contribution is -0.117. The summed E-state index contributed by atoms with van der Waals surface area (Å²) in [7, 11) is 0. The van der Waals surface area contributed by atoms with Crippen LogP contribution in [0.4, 0.5) is 10.1 Å². The first kappa shape index (κ1) is 14.9.